The van der Waals surface area contributed by atoms with Crippen molar-refractivity contribution in [1.82, 2.24) is 9.88 Å². The van der Waals surface area contributed by atoms with Crippen LogP contribution >= 0.6 is 0 Å². The molecule has 0 aliphatic rings. The Bertz CT molecular complexity index is 552. The molecule has 0 amide bonds. The monoisotopic (exact) mass is 270 g/mol. The minimum Gasteiger partial charge on any atom is -0.347 e. The van der Waals surface area contributed by atoms with Gasteiger partial charge in [-0.15, -0.1) is 6.58 Å². The molecule has 108 valence electrons. The predicted octanol–water partition coefficient (Wildman–Crippen LogP) is 4.01. The van der Waals surface area contributed by atoms with Gasteiger partial charge < -0.3 is 9.88 Å². The summed E-state index contributed by atoms with van der Waals surface area (Å²) in [5.41, 5.74) is 2.79. The van der Waals surface area contributed by atoms with Crippen molar-refractivity contribution in [2.75, 3.05) is 13.1 Å². The maximum Gasteiger partial charge on any atom is 0.0483 e. The van der Waals surface area contributed by atoms with Gasteiger partial charge in [0.1, 0.15) is 0 Å². The summed E-state index contributed by atoms with van der Waals surface area (Å²) in [5, 5.41) is 4.92. The minimum atomic E-state index is 0.712. The molecule has 2 heteroatoms. The van der Waals surface area contributed by atoms with E-state index >= 15 is 0 Å². The number of fused-ring (bicyclic) bond motifs is 1. The van der Waals surface area contributed by atoms with Gasteiger partial charge in [0, 0.05) is 23.6 Å². The lowest BCUT2D eigenvalue weighted by Crippen LogP contribution is -2.22. The van der Waals surface area contributed by atoms with E-state index in [1.807, 2.05) is 6.08 Å². The Morgan fingerprint density at radius 3 is 2.85 bits per heavy atom. The van der Waals surface area contributed by atoms with Gasteiger partial charge in [-0.1, -0.05) is 38.1 Å². The van der Waals surface area contributed by atoms with Crippen LogP contribution in [0.5, 0.6) is 0 Å². The highest BCUT2D eigenvalue weighted by atomic mass is 15.0. The van der Waals surface area contributed by atoms with Crippen LogP contribution in [0, 0.1) is 5.92 Å². The number of aromatic nitrogens is 1. The molecule has 0 atom stereocenters. The van der Waals surface area contributed by atoms with Gasteiger partial charge in [0.15, 0.2) is 0 Å². The highest BCUT2D eigenvalue weighted by Crippen LogP contribution is 2.22. The topological polar surface area (TPSA) is 17.0 Å². The molecule has 0 bridgehead atoms. The van der Waals surface area contributed by atoms with Crippen LogP contribution in [0.4, 0.5) is 0 Å². The lowest BCUT2D eigenvalue weighted by Gasteiger charge is -2.06. The fourth-order valence-electron chi connectivity index (χ4n) is 2.55. The zero-order chi connectivity index (χ0) is 14.4. The zero-order valence-electron chi connectivity index (χ0n) is 12.7. The van der Waals surface area contributed by atoms with E-state index in [2.05, 4.69) is 60.8 Å². The second kappa shape index (κ2) is 7.30. The van der Waals surface area contributed by atoms with Crippen LogP contribution in [0.3, 0.4) is 0 Å². The Balaban J connectivity index is 2.09. The van der Waals surface area contributed by atoms with Gasteiger partial charge in [-0.2, -0.15) is 0 Å². The van der Waals surface area contributed by atoms with Gasteiger partial charge in [-0.25, -0.2) is 0 Å². The van der Waals surface area contributed by atoms with Gasteiger partial charge in [-0.3, -0.25) is 0 Å². The molecule has 0 saturated heterocycles. The van der Waals surface area contributed by atoms with E-state index in [4.69, 9.17) is 0 Å². The van der Waals surface area contributed by atoms with Gasteiger partial charge in [-0.05, 0) is 43.5 Å². The van der Waals surface area contributed by atoms with Crippen molar-refractivity contribution in [3.63, 3.8) is 0 Å². The Morgan fingerprint density at radius 2 is 2.10 bits per heavy atom. The molecule has 0 spiro atoms. The SMILES string of the molecule is C=CCCn1cc(CCNCC(C)C)c2ccccc21. The number of hydrogen-bond acceptors (Lipinski definition) is 1. The maximum absolute atomic E-state index is 3.82. The lowest BCUT2D eigenvalue weighted by atomic mass is 10.1. The Labute approximate surface area is 122 Å². The quantitative estimate of drug-likeness (QED) is 0.566. The summed E-state index contributed by atoms with van der Waals surface area (Å²) in [6.07, 6.45) is 6.40. The third-order valence-electron chi connectivity index (χ3n) is 3.57. The van der Waals surface area contributed by atoms with Gasteiger partial charge in [0.25, 0.3) is 0 Å². The molecule has 0 unspecified atom stereocenters. The summed E-state index contributed by atoms with van der Waals surface area (Å²) in [6, 6.07) is 8.69. The van der Waals surface area contributed by atoms with E-state index in [9.17, 15) is 0 Å². The molecule has 2 nitrogen and oxygen atoms in total. The Morgan fingerprint density at radius 1 is 1.30 bits per heavy atom. The van der Waals surface area contributed by atoms with Crippen LogP contribution in [0.1, 0.15) is 25.8 Å². The molecular weight excluding hydrogens is 244 g/mol. The average molecular weight is 270 g/mol. The zero-order valence-corrected chi connectivity index (χ0v) is 12.7. The highest BCUT2D eigenvalue weighted by Gasteiger charge is 2.07. The first-order chi connectivity index (χ1) is 9.72. The van der Waals surface area contributed by atoms with Crippen molar-refractivity contribution >= 4 is 10.9 Å². The van der Waals surface area contributed by atoms with Gasteiger partial charge >= 0.3 is 0 Å². The molecule has 0 aliphatic carbocycles. The third kappa shape index (κ3) is 3.73. The smallest absolute Gasteiger partial charge is 0.0483 e. The first-order valence-corrected chi connectivity index (χ1v) is 7.60. The summed E-state index contributed by atoms with van der Waals surface area (Å²) < 4.78 is 2.36. The summed E-state index contributed by atoms with van der Waals surface area (Å²) >= 11 is 0. The number of benzene rings is 1. The van der Waals surface area contributed by atoms with E-state index in [1.54, 1.807) is 0 Å². The fraction of sp³-hybridized carbons (Fsp3) is 0.444. The lowest BCUT2D eigenvalue weighted by molar-refractivity contribution is 0.554. The number of nitrogens with one attached hydrogen (secondary N) is 1. The molecule has 0 aliphatic heterocycles. The van der Waals surface area contributed by atoms with Crippen molar-refractivity contribution in [2.45, 2.75) is 33.2 Å². The number of aryl methyl sites for hydroxylation is 1. The maximum atomic E-state index is 3.82. The molecule has 1 heterocycles. The molecule has 2 rings (SSSR count). The van der Waals surface area contributed by atoms with Crippen LogP contribution in [0.25, 0.3) is 10.9 Å². The fourth-order valence-corrected chi connectivity index (χ4v) is 2.55. The third-order valence-corrected chi connectivity index (χ3v) is 3.57. The van der Waals surface area contributed by atoms with E-state index in [-0.39, 0.29) is 0 Å². The molecular formula is C18H26N2. The van der Waals surface area contributed by atoms with Crippen LogP contribution in [0.15, 0.2) is 43.1 Å². The minimum absolute atomic E-state index is 0.712. The molecule has 2 aromatic rings. The normalized spacial score (nSPS) is 11.3. The van der Waals surface area contributed by atoms with E-state index in [1.165, 1.54) is 16.5 Å². The second-order valence-electron chi connectivity index (χ2n) is 5.79. The number of rotatable bonds is 8. The van der Waals surface area contributed by atoms with Crippen molar-refractivity contribution in [3.8, 4) is 0 Å². The van der Waals surface area contributed by atoms with Crippen LogP contribution in [-0.2, 0) is 13.0 Å². The van der Waals surface area contributed by atoms with E-state index < -0.39 is 0 Å². The second-order valence-corrected chi connectivity index (χ2v) is 5.79. The standard InChI is InChI=1S/C18H26N2/c1-4-5-12-20-14-16(10-11-19-13-15(2)3)17-8-6-7-9-18(17)20/h4,6-9,14-15,19H,1,5,10-13H2,2-3H3. The number of allylic oxidation sites excluding steroid dienone is 1. The molecule has 1 aromatic carbocycles. The van der Waals surface area contributed by atoms with Crippen molar-refractivity contribution < 1.29 is 0 Å². The van der Waals surface area contributed by atoms with Crippen LogP contribution in [-0.4, -0.2) is 17.7 Å². The average Bonchev–Trinajstić information content (AvgIpc) is 2.80. The highest BCUT2D eigenvalue weighted by molar-refractivity contribution is 5.84. The van der Waals surface area contributed by atoms with Gasteiger partial charge in [0.05, 0.1) is 0 Å². The van der Waals surface area contributed by atoms with Crippen molar-refractivity contribution in [1.29, 1.82) is 0 Å². The molecule has 1 aromatic heterocycles. The van der Waals surface area contributed by atoms with E-state index in [0.717, 1.165) is 32.5 Å². The molecule has 0 fully saturated rings. The molecule has 20 heavy (non-hydrogen) atoms. The molecule has 0 radical (unpaired) electrons. The molecule has 1 N–H and O–H groups in total. The predicted molar refractivity (Wildman–Crippen MR) is 88.2 cm³/mol. The Kier molecular flexibility index (Phi) is 5.42. The van der Waals surface area contributed by atoms with Crippen LogP contribution in [0.2, 0.25) is 0 Å². The van der Waals surface area contributed by atoms with Crippen molar-refractivity contribution in [3.05, 3.63) is 48.7 Å². The summed E-state index contributed by atoms with van der Waals surface area (Å²) in [4.78, 5) is 0. The number of para-hydroxylation sites is 1. The first kappa shape index (κ1) is 14.9. The van der Waals surface area contributed by atoms with Gasteiger partial charge in [0.2, 0.25) is 0 Å². The number of nitrogens with zero attached hydrogens (tertiary/aromatic N) is 1. The first-order valence-electron chi connectivity index (χ1n) is 7.60. The summed E-state index contributed by atoms with van der Waals surface area (Å²) in [6.45, 7) is 11.5. The summed E-state index contributed by atoms with van der Waals surface area (Å²) in [5.74, 6) is 0.712. The largest absolute Gasteiger partial charge is 0.347 e. The Hall–Kier alpha value is -1.54. The summed E-state index contributed by atoms with van der Waals surface area (Å²) in [7, 11) is 0. The molecule has 0 saturated carbocycles. The van der Waals surface area contributed by atoms with Crippen LogP contribution < -0.4 is 5.32 Å². The van der Waals surface area contributed by atoms with E-state index in [0.29, 0.717) is 5.92 Å². The number of hydrogen-bond donors (Lipinski definition) is 1. The van der Waals surface area contributed by atoms with Crippen molar-refractivity contribution in [2.24, 2.45) is 5.92 Å².